The van der Waals surface area contributed by atoms with Gasteiger partial charge in [-0.1, -0.05) is 94.0 Å². The minimum absolute atomic E-state index is 0.0182. The number of benzene rings is 4. The summed E-state index contributed by atoms with van der Waals surface area (Å²) in [4.78, 5) is 113. The zero-order valence-electron chi connectivity index (χ0n) is 55.7. The number of hydrogen-bond donors (Lipinski definition) is 8. The van der Waals surface area contributed by atoms with E-state index in [1.54, 1.807) is 61.7 Å². The van der Waals surface area contributed by atoms with Crippen LogP contribution in [-0.2, 0) is 38.2 Å². The van der Waals surface area contributed by atoms with Gasteiger partial charge in [0, 0.05) is 105 Å². The maximum absolute atomic E-state index is 13.7. The van der Waals surface area contributed by atoms with Crippen LogP contribution >= 0.6 is 11.3 Å². The number of hydrogen-bond acceptors (Lipinski definition) is 18. The van der Waals surface area contributed by atoms with Gasteiger partial charge in [0.2, 0.25) is 18.1 Å². The van der Waals surface area contributed by atoms with Crippen molar-refractivity contribution in [3.05, 3.63) is 137 Å². The zero-order valence-corrected chi connectivity index (χ0v) is 56.6. The summed E-state index contributed by atoms with van der Waals surface area (Å²) in [7, 11) is 1.63. The fourth-order valence-corrected chi connectivity index (χ4v) is 15.2. The van der Waals surface area contributed by atoms with E-state index in [4.69, 9.17) is 24.4 Å². The first kappa shape index (κ1) is 71.1. The van der Waals surface area contributed by atoms with Crippen molar-refractivity contribution in [2.45, 2.75) is 129 Å². The molecular formula is C73H83N9O15S. The molecule has 24 nitrogen and oxygen atoms in total. The summed E-state index contributed by atoms with van der Waals surface area (Å²) in [6.07, 6.45) is 7.64. The van der Waals surface area contributed by atoms with Gasteiger partial charge in [0.15, 0.2) is 16.9 Å². The summed E-state index contributed by atoms with van der Waals surface area (Å²) in [5.41, 5.74) is 2.87. The van der Waals surface area contributed by atoms with Crippen LogP contribution in [0.5, 0.6) is 5.75 Å². The first-order chi connectivity index (χ1) is 46.7. The third-order valence-electron chi connectivity index (χ3n) is 18.6. The third-order valence-corrected chi connectivity index (χ3v) is 19.5. The molecule has 6 aromatic rings. The molecule has 2 aromatic heterocycles. The van der Waals surface area contributed by atoms with Gasteiger partial charge in [-0.15, -0.1) is 0 Å². The molecular weight excluding hydrogens is 1270 g/mol. The molecule has 4 aliphatic rings. The number of carboxylic acids is 2. The quantitative estimate of drug-likeness (QED) is 0.0123. The van der Waals surface area contributed by atoms with Crippen LogP contribution in [0.15, 0.2) is 115 Å². The summed E-state index contributed by atoms with van der Waals surface area (Å²) in [6.45, 7) is 12.0. The van der Waals surface area contributed by atoms with Crippen molar-refractivity contribution in [1.29, 1.82) is 5.41 Å². The van der Waals surface area contributed by atoms with Crippen LogP contribution in [0.1, 0.15) is 137 Å². The highest BCUT2D eigenvalue weighted by atomic mass is 32.1. The first-order valence-corrected chi connectivity index (χ1v) is 33.6. The Balaban J connectivity index is 0.728. The lowest BCUT2D eigenvalue weighted by Crippen LogP contribution is -2.42. The summed E-state index contributed by atoms with van der Waals surface area (Å²) >= 11 is 1.38. The molecule has 2 aliphatic carbocycles. The largest absolute Gasteiger partial charge is 0.479 e. The number of carboxylic acid groups (broad SMARTS) is 2. The Morgan fingerprint density at radius 1 is 0.827 bits per heavy atom. The molecule has 8 N–H and O–H groups in total. The average Bonchev–Trinajstić information content (AvgIpc) is 1.54. The second-order valence-corrected chi connectivity index (χ2v) is 28.1. The maximum Gasteiger partial charge on any atom is 0.409 e. The Hall–Kier alpha value is -9.69. The predicted molar refractivity (Wildman–Crippen MR) is 370 cm³/mol. The fraction of sp³-hybridized carbons (Fsp3) is 0.411. The number of ether oxygens (including phenoxy) is 4. The van der Waals surface area contributed by atoms with E-state index in [-0.39, 0.29) is 121 Å². The van der Waals surface area contributed by atoms with E-state index in [0.29, 0.717) is 76.4 Å². The number of rotatable bonds is 29. The number of unbranched alkanes of at least 4 members (excludes halogenated alkanes) is 2. The van der Waals surface area contributed by atoms with Crippen LogP contribution in [0.4, 0.5) is 15.6 Å². The number of anilines is 2. The first-order valence-electron chi connectivity index (χ1n) is 32.8. The Labute approximate surface area is 571 Å². The van der Waals surface area contributed by atoms with E-state index < -0.39 is 48.0 Å². The van der Waals surface area contributed by atoms with Gasteiger partial charge in [-0.3, -0.25) is 34.2 Å². The van der Waals surface area contributed by atoms with Crippen molar-refractivity contribution in [2.24, 2.45) is 16.2 Å². The minimum atomic E-state index is -1.31. The molecule has 4 aromatic carbocycles. The number of amides is 6. The number of aliphatic hydroxyl groups excluding tert-OH is 1. The Kier molecular flexibility index (Phi) is 22.0. The van der Waals surface area contributed by atoms with E-state index >= 15 is 0 Å². The molecule has 6 atom stereocenters. The normalized spacial score (nSPS) is 22.0. The number of carbonyl (C=O) groups excluding carboxylic acids is 6. The van der Waals surface area contributed by atoms with E-state index in [2.05, 4.69) is 58.9 Å². The molecule has 2 aliphatic heterocycles. The highest BCUT2D eigenvalue weighted by Crippen LogP contribution is 2.69. The standard InChI is InChI=1S/C73H83N9O15S/c1-44(52(38-74)49-23-24-53(78-64(49)67(91)92)47-22-21-46-15-12-16-50(51(46)35-47)65(88)80-68-79-54-17-9-10-18-58(54)98-68)76-43-71(4)41-72(5)39-70(2,3)40-73(72,42-71)95-33-31-81(6)69(93)94-32-13-14-45-20-25-56(96-63-37-48(83)36-57(97-63)66(89)90)55(34-45)77-60(85)28-29-75-59(84)19-8-7-11-30-82-61(86)26-27-62(82)87/h9-10,12-18,20-27,34-35,38,48,57,63,74,76,83H,7-8,11,19,28-33,36-37,39-43H2,1-6H3,(H,75,84)(H,77,85)(H,89,90)(H,91,92)(H,79,80,88)/b14-13+,52-44+,74-38?/t48-,57-,63+,71?,72?,73?/m0/s1. The van der Waals surface area contributed by atoms with Crippen molar-refractivity contribution >= 4 is 109 Å². The smallest absolute Gasteiger partial charge is 0.409 e. The lowest BCUT2D eigenvalue weighted by molar-refractivity contribution is -0.195. The molecule has 1 saturated heterocycles. The highest BCUT2D eigenvalue weighted by Gasteiger charge is 2.66. The Morgan fingerprint density at radius 2 is 1.61 bits per heavy atom. The van der Waals surface area contributed by atoms with E-state index in [9.17, 15) is 53.7 Å². The number of likely N-dealkylation sites (N-methyl/N-ethyl adjacent to an activating group) is 1. The molecule has 3 fully saturated rings. The van der Waals surface area contributed by atoms with Crippen LogP contribution in [0.2, 0.25) is 0 Å². The number of nitrogens with zero attached hydrogens (tertiary/aromatic N) is 4. The summed E-state index contributed by atoms with van der Waals surface area (Å²) < 4.78 is 25.2. The fourth-order valence-electron chi connectivity index (χ4n) is 14.4. The SMILES string of the molecule is C/C(NCC1(C)CC2(C)CC(C)(C)CC2(OCCN(C)C(=O)OC/C=C/c2ccc(O[C@H]3C[C@@H](O)C[C@@H](C(=O)O)O3)c(NC(=O)CCNC(=O)CCCCCN3C(=O)C=CC3=O)c2)C1)=C(/C=N)c1ccc(-c2ccc3cccc(C(=O)Nc4nc5ccccc5s4)c3c2)nc1C(=O)O. The molecule has 516 valence electrons. The number of aromatic carboxylic acids is 1. The number of imide groups is 1. The van der Waals surface area contributed by atoms with Crippen LogP contribution in [0.3, 0.4) is 0 Å². The molecule has 0 bridgehead atoms. The van der Waals surface area contributed by atoms with Gasteiger partial charge in [-0.2, -0.15) is 0 Å². The number of fused-ring (bicyclic) bond motifs is 3. The molecule has 4 heterocycles. The lowest BCUT2D eigenvalue weighted by atomic mass is 9.76. The number of thiazole rings is 1. The predicted octanol–water partition coefficient (Wildman–Crippen LogP) is 10.9. The van der Waals surface area contributed by atoms with E-state index in [0.717, 1.165) is 46.0 Å². The molecule has 3 unspecified atom stereocenters. The molecule has 10 rings (SSSR count). The molecule has 25 heteroatoms. The summed E-state index contributed by atoms with van der Waals surface area (Å²) in [5, 5.41) is 53.2. The topological polar surface area (TPSA) is 338 Å². The Morgan fingerprint density at radius 3 is 2.37 bits per heavy atom. The van der Waals surface area contributed by atoms with Crippen LogP contribution < -0.4 is 26.0 Å². The second-order valence-electron chi connectivity index (χ2n) is 27.1. The zero-order chi connectivity index (χ0) is 70.1. The molecule has 6 amide bonds. The average molecular weight is 1360 g/mol. The van der Waals surface area contributed by atoms with Gasteiger partial charge in [-0.25, -0.2) is 24.4 Å². The lowest BCUT2D eigenvalue weighted by Gasteiger charge is -2.38. The number of aliphatic hydroxyl groups is 1. The van der Waals surface area contributed by atoms with Crippen LogP contribution in [0, 0.1) is 21.7 Å². The van der Waals surface area contributed by atoms with Gasteiger partial charge >= 0.3 is 18.0 Å². The summed E-state index contributed by atoms with van der Waals surface area (Å²) in [5.74, 6) is -4.19. The third kappa shape index (κ3) is 17.0. The minimum Gasteiger partial charge on any atom is -0.479 e. The molecule has 0 spiro atoms. The van der Waals surface area contributed by atoms with Crippen molar-refractivity contribution in [1.82, 2.24) is 30.4 Å². The highest BCUT2D eigenvalue weighted by molar-refractivity contribution is 7.22. The number of carbonyl (C=O) groups is 8. The summed E-state index contributed by atoms with van der Waals surface area (Å²) in [6, 6.07) is 26.8. The van der Waals surface area contributed by atoms with Crippen molar-refractivity contribution < 1.29 is 72.6 Å². The van der Waals surface area contributed by atoms with Gasteiger partial charge in [0.1, 0.15) is 12.4 Å². The van der Waals surface area contributed by atoms with E-state index in [1.165, 1.54) is 28.4 Å². The second kappa shape index (κ2) is 30.4. The molecule has 2 saturated carbocycles. The van der Waals surface area contributed by atoms with Crippen molar-refractivity contribution in [3.63, 3.8) is 0 Å². The Bertz CT molecular complexity index is 4130. The molecule has 98 heavy (non-hydrogen) atoms. The van der Waals surface area contributed by atoms with Gasteiger partial charge in [0.25, 0.3) is 17.7 Å². The van der Waals surface area contributed by atoms with Crippen molar-refractivity contribution in [3.8, 4) is 17.0 Å². The number of para-hydroxylation sites is 1. The monoisotopic (exact) mass is 1360 g/mol. The number of aliphatic carboxylic acids is 1. The van der Waals surface area contributed by atoms with Gasteiger partial charge in [-0.05, 0) is 133 Å². The van der Waals surface area contributed by atoms with Crippen LogP contribution in [0.25, 0.3) is 43.9 Å². The van der Waals surface area contributed by atoms with Gasteiger partial charge in [0.05, 0.1) is 39.9 Å². The van der Waals surface area contributed by atoms with Crippen LogP contribution in [-0.4, -0.2) is 159 Å². The number of aromatic nitrogens is 2. The van der Waals surface area contributed by atoms with Crippen molar-refractivity contribution in [2.75, 3.05) is 57.1 Å². The van der Waals surface area contributed by atoms with Gasteiger partial charge < -0.3 is 60.5 Å². The number of allylic oxidation sites excluding steroid dienone is 2. The molecule has 0 radical (unpaired) electrons. The number of nitrogens with one attached hydrogen (secondary N) is 5. The van der Waals surface area contributed by atoms with E-state index in [1.807, 2.05) is 55.5 Å². The number of pyridine rings is 1. The maximum atomic E-state index is 13.7.